The van der Waals surface area contributed by atoms with Crippen molar-refractivity contribution in [3.63, 3.8) is 0 Å². The van der Waals surface area contributed by atoms with Gasteiger partial charge < -0.3 is 5.32 Å². The van der Waals surface area contributed by atoms with Crippen LogP contribution in [-0.2, 0) is 4.79 Å². The molecule has 0 bridgehead atoms. The molecule has 4 aromatic rings. The van der Waals surface area contributed by atoms with Gasteiger partial charge in [-0.05, 0) is 42.5 Å². The Hall–Kier alpha value is -4.05. The molecular weight excluding hydrogens is 416 g/mol. The van der Waals surface area contributed by atoms with Gasteiger partial charge in [0.25, 0.3) is 5.69 Å². The Morgan fingerprint density at radius 3 is 2.42 bits per heavy atom. The average Bonchev–Trinajstić information content (AvgIpc) is 3.34. The number of rotatable bonds is 7. The van der Waals surface area contributed by atoms with Crippen LogP contribution in [0.5, 0.6) is 0 Å². The highest BCUT2D eigenvalue weighted by molar-refractivity contribution is 7.99. The van der Waals surface area contributed by atoms with E-state index in [4.69, 9.17) is 0 Å². The minimum absolute atomic E-state index is 0.0289. The standard InChI is InChI=1S/C21H16N6O3S/c28-20(23-16-4-8-18(9-5-16)27(29)30)14-31-21-11-10-19(24-25-21)15-2-6-17(7-3-15)26-13-1-12-22-26/h1-13H,14H2,(H,23,28). The molecule has 154 valence electrons. The van der Waals surface area contributed by atoms with Crippen molar-refractivity contribution in [1.82, 2.24) is 20.0 Å². The number of nitro groups is 1. The van der Waals surface area contributed by atoms with Gasteiger partial charge in [0.15, 0.2) is 0 Å². The number of hydrogen-bond donors (Lipinski definition) is 1. The first-order valence-electron chi connectivity index (χ1n) is 9.20. The zero-order valence-electron chi connectivity index (χ0n) is 16.1. The van der Waals surface area contributed by atoms with Gasteiger partial charge in [0.05, 0.1) is 22.1 Å². The molecule has 9 nitrogen and oxygen atoms in total. The van der Waals surface area contributed by atoms with Crippen molar-refractivity contribution in [2.75, 3.05) is 11.1 Å². The van der Waals surface area contributed by atoms with Crippen LogP contribution >= 0.6 is 11.8 Å². The van der Waals surface area contributed by atoms with Crippen molar-refractivity contribution >= 4 is 29.0 Å². The first-order valence-corrected chi connectivity index (χ1v) is 10.2. The lowest BCUT2D eigenvalue weighted by molar-refractivity contribution is -0.384. The number of nitrogens with zero attached hydrogens (tertiary/aromatic N) is 5. The molecule has 2 aromatic carbocycles. The van der Waals surface area contributed by atoms with E-state index in [1.165, 1.54) is 36.0 Å². The van der Waals surface area contributed by atoms with Crippen LogP contribution in [0, 0.1) is 10.1 Å². The molecule has 0 radical (unpaired) electrons. The van der Waals surface area contributed by atoms with E-state index in [2.05, 4.69) is 20.6 Å². The van der Waals surface area contributed by atoms with Gasteiger partial charge in [-0.25, -0.2) is 4.68 Å². The second-order valence-electron chi connectivity index (χ2n) is 6.40. The summed E-state index contributed by atoms with van der Waals surface area (Å²) in [5.74, 6) is -0.0947. The second kappa shape index (κ2) is 9.18. The predicted octanol–water partition coefficient (Wildman–Crippen LogP) is 3.97. The van der Waals surface area contributed by atoms with Crippen LogP contribution < -0.4 is 5.32 Å². The first-order chi connectivity index (χ1) is 15.1. The summed E-state index contributed by atoms with van der Waals surface area (Å²) in [7, 11) is 0. The average molecular weight is 432 g/mol. The van der Waals surface area contributed by atoms with E-state index >= 15 is 0 Å². The van der Waals surface area contributed by atoms with Crippen molar-refractivity contribution in [3.8, 4) is 16.9 Å². The molecule has 0 unspecified atom stereocenters. The molecule has 0 fully saturated rings. The SMILES string of the molecule is O=C(CSc1ccc(-c2ccc(-n3cccn3)cc2)nn1)Nc1ccc([N+](=O)[O-])cc1. The minimum atomic E-state index is -0.488. The van der Waals surface area contributed by atoms with Crippen LogP contribution in [0.1, 0.15) is 0 Å². The monoisotopic (exact) mass is 432 g/mol. The molecular formula is C21H16N6O3S. The van der Waals surface area contributed by atoms with Crippen molar-refractivity contribution in [1.29, 1.82) is 0 Å². The molecule has 4 rings (SSSR count). The second-order valence-corrected chi connectivity index (χ2v) is 7.39. The quantitative estimate of drug-likeness (QED) is 0.267. The number of nitro benzene ring substituents is 1. The molecule has 0 spiro atoms. The van der Waals surface area contributed by atoms with Gasteiger partial charge >= 0.3 is 0 Å². The highest BCUT2D eigenvalue weighted by Gasteiger charge is 2.08. The molecule has 31 heavy (non-hydrogen) atoms. The first kappa shape index (κ1) is 20.2. The van der Waals surface area contributed by atoms with E-state index in [-0.39, 0.29) is 17.3 Å². The Morgan fingerprint density at radius 1 is 1.03 bits per heavy atom. The van der Waals surface area contributed by atoms with Crippen molar-refractivity contribution in [2.45, 2.75) is 5.03 Å². The zero-order chi connectivity index (χ0) is 21.6. The maximum Gasteiger partial charge on any atom is 0.269 e. The highest BCUT2D eigenvalue weighted by Crippen LogP contribution is 2.22. The van der Waals surface area contributed by atoms with E-state index in [0.29, 0.717) is 10.7 Å². The van der Waals surface area contributed by atoms with Crippen LogP contribution in [0.25, 0.3) is 16.9 Å². The summed E-state index contributed by atoms with van der Waals surface area (Å²) in [5, 5.41) is 26.6. The summed E-state index contributed by atoms with van der Waals surface area (Å²) >= 11 is 1.25. The third-order valence-corrected chi connectivity index (χ3v) is 5.21. The van der Waals surface area contributed by atoms with E-state index in [1.54, 1.807) is 10.9 Å². The lowest BCUT2D eigenvalue weighted by Crippen LogP contribution is -2.14. The summed E-state index contributed by atoms with van der Waals surface area (Å²) in [4.78, 5) is 22.3. The van der Waals surface area contributed by atoms with Gasteiger partial charge in [-0.3, -0.25) is 14.9 Å². The Labute approximate surface area is 181 Å². The van der Waals surface area contributed by atoms with Crippen LogP contribution in [0.15, 0.2) is 84.1 Å². The molecule has 0 aliphatic heterocycles. The largest absolute Gasteiger partial charge is 0.325 e. The molecule has 1 amide bonds. The Balaban J connectivity index is 1.32. The molecule has 0 aliphatic carbocycles. The van der Waals surface area contributed by atoms with Gasteiger partial charge in [0, 0.05) is 35.8 Å². The number of thioether (sulfide) groups is 1. The Kier molecular flexibility index (Phi) is 5.99. The molecule has 10 heteroatoms. The van der Waals surface area contributed by atoms with Crippen molar-refractivity contribution in [3.05, 3.63) is 89.2 Å². The van der Waals surface area contributed by atoms with Gasteiger partial charge in [0.1, 0.15) is 5.03 Å². The third-order valence-electron chi connectivity index (χ3n) is 4.29. The molecule has 0 saturated heterocycles. The Bertz CT molecular complexity index is 1180. The Morgan fingerprint density at radius 2 is 1.81 bits per heavy atom. The lowest BCUT2D eigenvalue weighted by Gasteiger charge is -2.06. The molecule has 0 aliphatic rings. The van der Waals surface area contributed by atoms with Crippen LogP contribution in [0.2, 0.25) is 0 Å². The van der Waals surface area contributed by atoms with E-state index in [1.807, 2.05) is 48.7 Å². The molecule has 2 heterocycles. The van der Waals surface area contributed by atoms with Gasteiger partial charge in [-0.1, -0.05) is 23.9 Å². The number of benzene rings is 2. The van der Waals surface area contributed by atoms with Crippen LogP contribution in [0.4, 0.5) is 11.4 Å². The normalized spacial score (nSPS) is 10.6. The number of anilines is 1. The highest BCUT2D eigenvalue weighted by atomic mass is 32.2. The lowest BCUT2D eigenvalue weighted by atomic mass is 10.1. The summed E-state index contributed by atoms with van der Waals surface area (Å²) < 4.78 is 1.77. The van der Waals surface area contributed by atoms with Crippen molar-refractivity contribution < 1.29 is 9.72 Å². The molecule has 2 aromatic heterocycles. The topological polar surface area (TPSA) is 116 Å². The third kappa shape index (κ3) is 5.11. The number of hydrogen-bond acceptors (Lipinski definition) is 7. The fraction of sp³-hybridized carbons (Fsp3) is 0.0476. The van der Waals surface area contributed by atoms with E-state index in [0.717, 1.165) is 16.9 Å². The number of non-ortho nitro benzene ring substituents is 1. The molecule has 0 saturated carbocycles. The van der Waals surface area contributed by atoms with Crippen LogP contribution in [-0.4, -0.2) is 36.6 Å². The fourth-order valence-corrected chi connectivity index (χ4v) is 3.37. The van der Waals surface area contributed by atoms with Gasteiger partial charge in [0.2, 0.25) is 5.91 Å². The summed E-state index contributed by atoms with van der Waals surface area (Å²) in [6.07, 6.45) is 3.60. The summed E-state index contributed by atoms with van der Waals surface area (Å²) in [5.41, 5.74) is 3.07. The predicted molar refractivity (Wildman–Crippen MR) is 117 cm³/mol. The number of carbonyl (C=O) groups is 1. The van der Waals surface area contributed by atoms with E-state index < -0.39 is 4.92 Å². The smallest absolute Gasteiger partial charge is 0.269 e. The van der Waals surface area contributed by atoms with Crippen molar-refractivity contribution in [2.24, 2.45) is 0 Å². The summed E-state index contributed by atoms with van der Waals surface area (Å²) in [6.45, 7) is 0. The number of aromatic nitrogens is 4. The number of carbonyl (C=O) groups excluding carboxylic acids is 1. The summed E-state index contributed by atoms with van der Waals surface area (Å²) in [6, 6.07) is 19.0. The number of nitrogens with one attached hydrogen (secondary N) is 1. The molecule has 1 N–H and O–H groups in total. The minimum Gasteiger partial charge on any atom is -0.325 e. The van der Waals surface area contributed by atoms with E-state index in [9.17, 15) is 14.9 Å². The van der Waals surface area contributed by atoms with Gasteiger partial charge in [-0.15, -0.1) is 10.2 Å². The maximum absolute atomic E-state index is 12.1. The fourth-order valence-electron chi connectivity index (χ4n) is 2.76. The zero-order valence-corrected chi connectivity index (χ0v) is 16.9. The van der Waals surface area contributed by atoms with Gasteiger partial charge in [-0.2, -0.15) is 5.10 Å². The maximum atomic E-state index is 12.1. The number of amides is 1. The molecule has 0 atom stereocenters. The van der Waals surface area contributed by atoms with Crippen LogP contribution in [0.3, 0.4) is 0 Å².